The Bertz CT molecular complexity index is 1390. The highest BCUT2D eigenvalue weighted by molar-refractivity contribution is 7.15. The molecule has 0 bridgehead atoms. The Labute approximate surface area is 168 Å². The quantitative estimate of drug-likeness (QED) is 0.462. The van der Waals surface area contributed by atoms with Gasteiger partial charge in [0.15, 0.2) is 0 Å². The van der Waals surface area contributed by atoms with Crippen molar-refractivity contribution in [2.24, 2.45) is 0 Å². The number of aromatic nitrogens is 5. The second kappa shape index (κ2) is 6.70. The van der Waals surface area contributed by atoms with Crippen molar-refractivity contribution < 1.29 is 0 Å². The zero-order valence-corrected chi connectivity index (χ0v) is 15.9. The first-order valence-corrected chi connectivity index (χ1v) is 9.64. The zero-order valence-electron chi connectivity index (χ0n) is 14.4. The maximum atomic E-state index is 12.6. The Morgan fingerprint density at radius 2 is 1.82 bits per heavy atom. The van der Waals surface area contributed by atoms with Crippen LogP contribution < -0.4 is 10.1 Å². The van der Waals surface area contributed by atoms with Crippen LogP contribution in [-0.4, -0.2) is 24.4 Å². The Hall–Kier alpha value is -3.29. The number of para-hydroxylation sites is 1. The van der Waals surface area contributed by atoms with Crippen molar-refractivity contribution in [2.45, 2.75) is 0 Å². The van der Waals surface area contributed by atoms with E-state index in [1.54, 1.807) is 4.68 Å². The monoisotopic (exact) mass is 405 g/mol. The van der Waals surface area contributed by atoms with Gasteiger partial charge in [-0.3, -0.25) is 4.79 Å². The van der Waals surface area contributed by atoms with Crippen LogP contribution in [0.15, 0.2) is 71.9 Å². The van der Waals surface area contributed by atoms with Crippen molar-refractivity contribution in [3.8, 4) is 16.9 Å². The predicted octanol–water partition coefficient (Wildman–Crippen LogP) is 3.20. The fraction of sp³-hybridized carbons (Fsp3) is 0. The lowest BCUT2D eigenvalue weighted by Crippen LogP contribution is -2.23. The molecule has 0 atom stereocenters. The van der Waals surface area contributed by atoms with Gasteiger partial charge in [-0.25, -0.2) is 9.67 Å². The Morgan fingerprint density at radius 1 is 1.04 bits per heavy atom. The van der Waals surface area contributed by atoms with Crippen molar-refractivity contribution in [3.05, 3.63) is 92.6 Å². The molecule has 0 saturated heterocycles. The van der Waals surface area contributed by atoms with Crippen molar-refractivity contribution >= 4 is 34.0 Å². The van der Waals surface area contributed by atoms with E-state index in [2.05, 4.69) is 10.1 Å². The van der Waals surface area contributed by atoms with Gasteiger partial charge in [0.2, 0.25) is 4.96 Å². The molecule has 0 aliphatic heterocycles. The summed E-state index contributed by atoms with van der Waals surface area (Å²) in [5.74, 6) is 0. The largest absolute Gasteiger partial charge is 0.291 e. The molecule has 136 valence electrons. The fourth-order valence-electron chi connectivity index (χ4n) is 2.96. The van der Waals surface area contributed by atoms with Gasteiger partial charge in [-0.15, -0.1) is 0 Å². The Morgan fingerprint density at radius 3 is 2.57 bits per heavy atom. The van der Waals surface area contributed by atoms with Gasteiger partial charge in [0.25, 0.3) is 5.56 Å². The second-order valence-corrected chi connectivity index (χ2v) is 7.54. The number of hydrogen-bond acceptors (Lipinski definition) is 5. The van der Waals surface area contributed by atoms with Crippen LogP contribution in [0.2, 0.25) is 5.02 Å². The van der Waals surface area contributed by atoms with E-state index in [-0.39, 0.29) is 5.56 Å². The molecule has 0 spiro atoms. The van der Waals surface area contributed by atoms with Crippen molar-refractivity contribution in [2.75, 3.05) is 0 Å². The summed E-state index contributed by atoms with van der Waals surface area (Å²) < 4.78 is 3.66. The lowest BCUT2D eigenvalue weighted by atomic mass is 10.1. The minimum absolute atomic E-state index is 0.188. The number of hydrogen-bond donors (Lipinski definition) is 0. The van der Waals surface area contributed by atoms with Crippen molar-refractivity contribution in [1.82, 2.24) is 24.4 Å². The summed E-state index contributed by atoms with van der Waals surface area (Å²) in [4.78, 5) is 17.2. The van der Waals surface area contributed by atoms with Crippen LogP contribution >= 0.6 is 22.9 Å². The highest BCUT2D eigenvalue weighted by Crippen LogP contribution is 2.25. The molecule has 3 aromatic heterocycles. The SMILES string of the molecule is O=c1/c(=C/c2cn(-c3ccccc3)nc2-c2ccc(Cl)cc2)sc2ncnn12. The van der Waals surface area contributed by atoms with Gasteiger partial charge in [0.1, 0.15) is 12.0 Å². The molecule has 0 N–H and O–H groups in total. The third kappa shape index (κ3) is 2.90. The normalized spacial score (nSPS) is 12.1. The van der Waals surface area contributed by atoms with E-state index in [1.807, 2.05) is 66.9 Å². The Kier molecular flexibility index (Phi) is 4.03. The van der Waals surface area contributed by atoms with Crippen LogP contribution in [-0.2, 0) is 0 Å². The van der Waals surface area contributed by atoms with Gasteiger partial charge in [-0.1, -0.05) is 53.3 Å². The number of benzene rings is 2. The highest BCUT2D eigenvalue weighted by Gasteiger charge is 2.13. The molecule has 5 aromatic rings. The maximum Gasteiger partial charge on any atom is 0.291 e. The maximum absolute atomic E-state index is 12.6. The summed E-state index contributed by atoms with van der Waals surface area (Å²) >= 11 is 7.33. The standard InChI is InChI=1S/C20H12ClN5OS/c21-15-8-6-13(7-9-15)18-14(11-25(24-18)16-4-2-1-3-5-16)10-17-19(27)26-20(28-17)22-12-23-26/h1-12H/b17-10-. The first-order chi connectivity index (χ1) is 13.7. The van der Waals surface area contributed by atoms with Crippen LogP contribution in [0, 0.1) is 0 Å². The number of fused-ring (bicyclic) bond motifs is 1. The number of halogens is 1. The van der Waals surface area contributed by atoms with E-state index in [0.29, 0.717) is 14.5 Å². The summed E-state index contributed by atoms with van der Waals surface area (Å²) in [5.41, 5.74) is 3.25. The lowest BCUT2D eigenvalue weighted by Gasteiger charge is -2.00. The van der Waals surface area contributed by atoms with Gasteiger partial charge in [-0.05, 0) is 30.3 Å². The van der Waals surface area contributed by atoms with E-state index in [0.717, 1.165) is 22.5 Å². The molecule has 0 aliphatic carbocycles. The molecule has 0 aliphatic rings. The highest BCUT2D eigenvalue weighted by atomic mass is 35.5. The molecule has 0 radical (unpaired) electrons. The molecule has 0 unspecified atom stereocenters. The Balaban J connectivity index is 1.73. The molecule has 3 heterocycles. The molecule has 0 saturated carbocycles. The molecule has 2 aromatic carbocycles. The molecular weight excluding hydrogens is 394 g/mol. The van der Waals surface area contributed by atoms with E-state index in [1.165, 1.54) is 22.2 Å². The van der Waals surface area contributed by atoms with Crippen LogP contribution in [0.3, 0.4) is 0 Å². The van der Waals surface area contributed by atoms with Crippen LogP contribution in [0.4, 0.5) is 0 Å². The van der Waals surface area contributed by atoms with Gasteiger partial charge >= 0.3 is 0 Å². The minimum atomic E-state index is -0.188. The first-order valence-electron chi connectivity index (χ1n) is 8.44. The summed E-state index contributed by atoms with van der Waals surface area (Å²) in [6.45, 7) is 0. The third-order valence-electron chi connectivity index (χ3n) is 4.29. The molecule has 28 heavy (non-hydrogen) atoms. The average molecular weight is 406 g/mol. The lowest BCUT2D eigenvalue weighted by molar-refractivity contribution is 0.884. The molecule has 5 rings (SSSR count). The third-order valence-corrected chi connectivity index (χ3v) is 5.51. The van der Waals surface area contributed by atoms with Crippen LogP contribution in [0.25, 0.3) is 28.0 Å². The minimum Gasteiger partial charge on any atom is -0.266 e. The van der Waals surface area contributed by atoms with Gasteiger partial charge in [0.05, 0.1) is 10.2 Å². The summed E-state index contributed by atoms with van der Waals surface area (Å²) in [7, 11) is 0. The summed E-state index contributed by atoms with van der Waals surface area (Å²) in [5, 5.41) is 9.38. The fourth-order valence-corrected chi connectivity index (χ4v) is 3.96. The number of nitrogens with zero attached hydrogens (tertiary/aromatic N) is 5. The summed E-state index contributed by atoms with van der Waals surface area (Å²) in [6.07, 6.45) is 5.12. The molecular formula is C20H12ClN5OS. The van der Waals surface area contributed by atoms with E-state index in [9.17, 15) is 4.79 Å². The number of rotatable bonds is 3. The van der Waals surface area contributed by atoms with Gasteiger partial charge < -0.3 is 0 Å². The van der Waals surface area contributed by atoms with E-state index < -0.39 is 0 Å². The van der Waals surface area contributed by atoms with Gasteiger partial charge in [0, 0.05) is 22.3 Å². The van der Waals surface area contributed by atoms with Crippen molar-refractivity contribution in [1.29, 1.82) is 0 Å². The summed E-state index contributed by atoms with van der Waals surface area (Å²) in [6, 6.07) is 17.3. The predicted molar refractivity (Wildman–Crippen MR) is 110 cm³/mol. The van der Waals surface area contributed by atoms with E-state index >= 15 is 0 Å². The van der Waals surface area contributed by atoms with Crippen LogP contribution in [0.5, 0.6) is 0 Å². The van der Waals surface area contributed by atoms with E-state index in [4.69, 9.17) is 16.7 Å². The van der Waals surface area contributed by atoms with Crippen molar-refractivity contribution in [3.63, 3.8) is 0 Å². The smallest absolute Gasteiger partial charge is 0.266 e. The van der Waals surface area contributed by atoms with Crippen LogP contribution in [0.1, 0.15) is 5.56 Å². The average Bonchev–Trinajstić information content (AvgIpc) is 3.41. The topological polar surface area (TPSA) is 65.1 Å². The first kappa shape index (κ1) is 16.9. The molecule has 6 nitrogen and oxygen atoms in total. The molecule has 0 amide bonds. The molecule has 8 heteroatoms. The second-order valence-electron chi connectivity index (χ2n) is 6.09. The molecule has 0 fully saturated rings. The zero-order chi connectivity index (χ0) is 19.1. The van der Waals surface area contributed by atoms with Gasteiger partial charge in [-0.2, -0.15) is 14.7 Å². The number of thiazole rings is 1.